The van der Waals surface area contributed by atoms with Crippen LogP contribution < -0.4 is 20.1 Å². The van der Waals surface area contributed by atoms with Gasteiger partial charge in [0.1, 0.15) is 11.5 Å². The van der Waals surface area contributed by atoms with Crippen LogP contribution in [0.3, 0.4) is 0 Å². The molecule has 3 rings (SSSR count). The maximum atomic E-state index is 11.0. The minimum Gasteiger partial charge on any atom is -0.496 e. The smallest absolute Gasteiger partial charge is 0.216 e. The first-order valence-electron chi connectivity index (χ1n) is 11.1. The molecule has 1 amide bonds. The van der Waals surface area contributed by atoms with E-state index in [1.165, 1.54) is 23.6 Å². The molecule has 0 atom stereocenters. The third kappa shape index (κ3) is 6.46. The summed E-state index contributed by atoms with van der Waals surface area (Å²) in [6.07, 6.45) is 4.21. The molecule has 0 aliphatic heterocycles. The zero-order chi connectivity index (χ0) is 23.6. The lowest BCUT2D eigenvalue weighted by atomic mass is 9.96. The number of ether oxygens (including phenoxy) is 2. The molecule has 33 heavy (non-hydrogen) atoms. The summed E-state index contributed by atoms with van der Waals surface area (Å²) in [5, 5.41) is 6.10. The van der Waals surface area contributed by atoms with Gasteiger partial charge in [-0.05, 0) is 46.9 Å². The molecule has 0 aromatic heterocycles. The van der Waals surface area contributed by atoms with Gasteiger partial charge < -0.3 is 20.1 Å². The Labute approximate surface area is 196 Å². The molecule has 2 N–H and O–H groups in total. The molecule has 0 unspecified atom stereocenters. The molecule has 3 aromatic rings. The van der Waals surface area contributed by atoms with Crippen molar-refractivity contribution in [3.63, 3.8) is 0 Å². The SMILES string of the molecule is COc1cc(/C=C/c2cccc(-c3ccccc3)c2C)cc(OC)c1CNCCNC(C)=O. The van der Waals surface area contributed by atoms with Gasteiger partial charge in [0.2, 0.25) is 5.91 Å². The normalized spacial score (nSPS) is 10.9. The van der Waals surface area contributed by atoms with Crippen LogP contribution in [0.2, 0.25) is 0 Å². The quantitative estimate of drug-likeness (QED) is 0.338. The molecule has 3 aromatic carbocycles. The number of carbonyl (C=O) groups excluding carboxylic acids is 1. The van der Waals surface area contributed by atoms with Crippen LogP contribution in [0.15, 0.2) is 60.7 Å². The maximum absolute atomic E-state index is 11.0. The minimum atomic E-state index is -0.0346. The van der Waals surface area contributed by atoms with E-state index in [-0.39, 0.29) is 5.91 Å². The number of methoxy groups -OCH3 is 2. The highest BCUT2D eigenvalue weighted by atomic mass is 16.5. The Bertz CT molecular complexity index is 1080. The van der Waals surface area contributed by atoms with E-state index in [4.69, 9.17) is 9.47 Å². The van der Waals surface area contributed by atoms with Crippen molar-refractivity contribution < 1.29 is 14.3 Å². The van der Waals surface area contributed by atoms with Gasteiger partial charge in [-0.1, -0.05) is 60.7 Å². The molecule has 0 aliphatic rings. The number of amides is 1. The van der Waals surface area contributed by atoms with Crippen molar-refractivity contribution in [3.8, 4) is 22.6 Å². The number of hydrogen-bond acceptors (Lipinski definition) is 4. The fraction of sp³-hybridized carbons (Fsp3) is 0.250. The highest BCUT2D eigenvalue weighted by Crippen LogP contribution is 2.32. The second kappa shape index (κ2) is 11.9. The van der Waals surface area contributed by atoms with Gasteiger partial charge in [0, 0.05) is 32.1 Å². The fourth-order valence-corrected chi connectivity index (χ4v) is 3.77. The average Bonchev–Trinajstić information content (AvgIpc) is 2.83. The first-order valence-corrected chi connectivity index (χ1v) is 11.1. The largest absolute Gasteiger partial charge is 0.496 e. The molecular formula is C28H32N2O3. The number of benzene rings is 3. The standard InChI is InChI=1S/C28H32N2O3/c1-20-23(11-8-12-25(20)24-9-6-5-7-10-24)14-13-22-17-27(32-3)26(28(18-22)33-4)19-29-15-16-30-21(2)31/h5-14,17-18,29H,15-16,19H2,1-4H3,(H,30,31)/b14-13+. The summed E-state index contributed by atoms with van der Waals surface area (Å²) in [6, 6.07) is 20.8. The summed E-state index contributed by atoms with van der Waals surface area (Å²) >= 11 is 0. The van der Waals surface area contributed by atoms with Gasteiger partial charge in [-0.2, -0.15) is 0 Å². The van der Waals surface area contributed by atoms with Crippen LogP contribution in [-0.4, -0.2) is 33.2 Å². The lowest BCUT2D eigenvalue weighted by molar-refractivity contribution is -0.118. The summed E-state index contributed by atoms with van der Waals surface area (Å²) in [4.78, 5) is 11.0. The fourth-order valence-electron chi connectivity index (χ4n) is 3.77. The first kappa shape index (κ1) is 24.1. The number of nitrogens with one attached hydrogen (secondary N) is 2. The van der Waals surface area contributed by atoms with Crippen LogP contribution in [0.5, 0.6) is 11.5 Å². The second-order valence-corrected chi connectivity index (χ2v) is 7.78. The van der Waals surface area contributed by atoms with E-state index >= 15 is 0 Å². The Balaban J connectivity index is 1.81. The summed E-state index contributed by atoms with van der Waals surface area (Å²) < 4.78 is 11.3. The van der Waals surface area contributed by atoms with Crippen LogP contribution in [0.4, 0.5) is 0 Å². The van der Waals surface area contributed by atoms with E-state index in [2.05, 4.69) is 72.2 Å². The molecule has 0 fully saturated rings. The molecule has 0 bridgehead atoms. The van der Waals surface area contributed by atoms with Gasteiger partial charge in [0.15, 0.2) is 0 Å². The third-order valence-electron chi connectivity index (χ3n) is 5.52. The zero-order valence-corrected chi connectivity index (χ0v) is 19.8. The van der Waals surface area contributed by atoms with Crippen LogP contribution in [0.1, 0.15) is 29.2 Å². The third-order valence-corrected chi connectivity index (χ3v) is 5.52. The number of rotatable bonds is 10. The molecule has 172 valence electrons. The summed E-state index contributed by atoms with van der Waals surface area (Å²) in [6.45, 7) is 5.47. The highest BCUT2D eigenvalue weighted by molar-refractivity contribution is 5.78. The van der Waals surface area contributed by atoms with Crippen molar-refractivity contribution in [3.05, 3.63) is 82.9 Å². The predicted octanol–water partition coefficient (Wildman–Crippen LogP) is 5.08. The minimum absolute atomic E-state index is 0.0346. The molecule has 5 heteroatoms. The van der Waals surface area contributed by atoms with Gasteiger partial charge >= 0.3 is 0 Å². The van der Waals surface area contributed by atoms with Gasteiger partial charge in [-0.15, -0.1) is 0 Å². The van der Waals surface area contributed by atoms with Crippen LogP contribution in [-0.2, 0) is 11.3 Å². The number of hydrogen-bond donors (Lipinski definition) is 2. The Hall–Kier alpha value is -3.57. The molecule has 0 spiro atoms. The van der Waals surface area contributed by atoms with Crippen LogP contribution in [0.25, 0.3) is 23.3 Å². The maximum Gasteiger partial charge on any atom is 0.216 e. The molecular weight excluding hydrogens is 412 g/mol. The van der Waals surface area contributed by atoms with E-state index in [0.29, 0.717) is 19.6 Å². The van der Waals surface area contributed by atoms with Crippen molar-refractivity contribution in [1.29, 1.82) is 0 Å². The summed E-state index contributed by atoms with van der Waals surface area (Å²) in [5.41, 5.74) is 6.78. The van der Waals surface area contributed by atoms with Gasteiger partial charge in [-0.3, -0.25) is 4.79 Å². The van der Waals surface area contributed by atoms with E-state index < -0.39 is 0 Å². The first-order chi connectivity index (χ1) is 16.0. The van der Waals surface area contributed by atoms with Gasteiger partial charge in [0.25, 0.3) is 0 Å². The van der Waals surface area contributed by atoms with Gasteiger partial charge in [0.05, 0.1) is 14.2 Å². The van der Waals surface area contributed by atoms with Crippen LogP contribution in [0, 0.1) is 6.92 Å². The van der Waals surface area contributed by atoms with Crippen molar-refractivity contribution in [1.82, 2.24) is 10.6 Å². The molecule has 0 saturated carbocycles. The second-order valence-electron chi connectivity index (χ2n) is 7.78. The lowest BCUT2D eigenvalue weighted by Crippen LogP contribution is -2.30. The molecule has 0 radical (unpaired) electrons. The average molecular weight is 445 g/mol. The Kier molecular flexibility index (Phi) is 8.67. The van der Waals surface area contributed by atoms with Crippen molar-refractivity contribution in [2.24, 2.45) is 0 Å². The molecule has 0 aliphatic carbocycles. The Morgan fingerprint density at radius 1 is 0.909 bits per heavy atom. The summed E-state index contributed by atoms with van der Waals surface area (Å²) in [7, 11) is 3.33. The zero-order valence-electron chi connectivity index (χ0n) is 19.8. The highest BCUT2D eigenvalue weighted by Gasteiger charge is 2.12. The van der Waals surface area contributed by atoms with E-state index in [0.717, 1.165) is 28.2 Å². The van der Waals surface area contributed by atoms with Crippen LogP contribution >= 0.6 is 0 Å². The number of carbonyl (C=O) groups is 1. The Morgan fingerprint density at radius 2 is 1.61 bits per heavy atom. The molecule has 0 heterocycles. The van der Waals surface area contributed by atoms with E-state index in [9.17, 15) is 4.79 Å². The van der Waals surface area contributed by atoms with Crippen molar-refractivity contribution >= 4 is 18.1 Å². The van der Waals surface area contributed by atoms with E-state index in [1.807, 2.05) is 18.2 Å². The Morgan fingerprint density at radius 3 is 2.24 bits per heavy atom. The van der Waals surface area contributed by atoms with Gasteiger partial charge in [-0.25, -0.2) is 0 Å². The predicted molar refractivity (Wildman–Crippen MR) is 135 cm³/mol. The van der Waals surface area contributed by atoms with E-state index in [1.54, 1.807) is 14.2 Å². The van der Waals surface area contributed by atoms with Crippen molar-refractivity contribution in [2.45, 2.75) is 20.4 Å². The topological polar surface area (TPSA) is 59.6 Å². The lowest BCUT2D eigenvalue weighted by Gasteiger charge is -2.15. The monoisotopic (exact) mass is 444 g/mol. The molecule has 5 nitrogen and oxygen atoms in total. The summed E-state index contributed by atoms with van der Waals surface area (Å²) in [5.74, 6) is 1.49. The molecule has 0 saturated heterocycles. The van der Waals surface area contributed by atoms with Crippen molar-refractivity contribution in [2.75, 3.05) is 27.3 Å².